The third-order valence-electron chi connectivity index (χ3n) is 4.92. The lowest BCUT2D eigenvalue weighted by Gasteiger charge is -2.32. The summed E-state index contributed by atoms with van der Waals surface area (Å²) in [4.78, 5) is 39.6. The van der Waals surface area contributed by atoms with Gasteiger partial charge >= 0.3 is 10.8 Å². The molecule has 3 aromatic rings. The summed E-state index contributed by atoms with van der Waals surface area (Å²) in [5.74, 6) is -1.59. The number of methoxy groups -OCH3 is 1. The van der Waals surface area contributed by atoms with Gasteiger partial charge in [-0.2, -0.15) is 0 Å². The monoisotopic (exact) mass is 446 g/mol. The highest BCUT2D eigenvalue weighted by molar-refractivity contribution is 7.10. The van der Waals surface area contributed by atoms with Gasteiger partial charge in [-0.3, -0.25) is 23.9 Å². The number of para-hydroxylation sites is 1. The largest absolute Gasteiger partial charge is 0.468 e. The number of hydrogen-bond acceptors (Lipinski definition) is 5. The number of esters is 1. The molecule has 0 spiro atoms. The molecule has 1 amide bonds. The number of amides is 1. The lowest BCUT2D eigenvalue weighted by Crippen LogP contribution is -2.36. The molecule has 30 heavy (non-hydrogen) atoms. The van der Waals surface area contributed by atoms with E-state index in [2.05, 4.69) is 0 Å². The molecule has 1 aromatic heterocycles. The maximum Gasteiger partial charge on any atom is 0.325 e. The second-order valence-electron chi connectivity index (χ2n) is 6.71. The molecule has 4 rings (SSSR count). The van der Waals surface area contributed by atoms with Crippen LogP contribution in [0.1, 0.15) is 22.8 Å². The molecule has 1 aliphatic heterocycles. The highest BCUT2D eigenvalue weighted by Crippen LogP contribution is 2.46. The van der Waals surface area contributed by atoms with Crippen molar-refractivity contribution in [2.45, 2.75) is 18.9 Å². The Balaban J connectivity index is 1.94. The van der Waals surface area contributed by atoms with Crippen molar-refractivity contribution < 1.29 is 18.7 Å². The van der Waals surface area contributed by atoms with E-state index in [1.165, 1.54) is 34.8 Å². The zero-order valence-corrected chi connectivity index (χ0v) is 17.4. The Morgan fingerprint density at radius 3 is 2.63 bits per heavy atom. The maximum absolute atomic E-state index is 13.6. The van der Waals surface area contributed by atoms with Gasteiger partial charge in [0, 0.05) is 17.4 Å². The number of anilines is 2. The first-order valence-electron chi connectivity index (χ1n) is 9.04. The number of halogens is 2. The third-order valence-corrected chi connectivity index (χ3v) is 6.33. The van der Waals surface area contributed by atoms with E-state index in [1.54, 1.807) is 24.3 Å². The first-order chi connectivity index (χ1) is 14.4. The average molecular weight is 447 g/mol. The highest BCUT2D eigenvalue weighted by Gasteiger charge is 2.39. The molecule has 0 fully saturated rings. The summed E-state index contributed by atoms with van der Waals surface area (Å²) in [5.41, 5.74) is 1.12. The number of rotatable bonds is 4. The molecule has 0 N–H and O–H groups in total. The molecule has 2 aromatic carbocycles. The summed E-state index contributed by atoms with van der Waals surface area (Å²) in [7, 11) is 1.23. The van der Waals surface area contributed by atoms with Crippen LogP contribution in [-0.4, -0.2) is 23.6 Å². The molecule has 2 heterocycles. The average Bonchev–Trinajstić information content (AvgIpc) is 3.04. The van der Waals surface area contributed by atoms with Gasteiger partial charge in [-0.05, 0) is 29.8 Å². The van der Waals surface area contributed by atoms with Crippen LogP contribution in [0.2, 0.25) is 5.02 Å². The Morgan fingerprint density at radius 1 is 1.23 bits per heavy atom. The maximum atomic E-state index is 13.6. The lowest BCUT2D eigenvalue weighted by molar-refractivity contribution is -0.141. The van der Waals surface area contributed by atoms with Gasteiger partial charge in [0.1, 0.15) is 18.2 Å². The van der Waals surface area contributed by atoms with E-state index < -0.39 is 22.6 Å². The van der Waals surface area contributed by atoms with Crippen LogP contribution in [0.5, 0.6) is 0 Å². The summed E-state index contributed by atoms with van der Waals surface area (Å²) in [6.07, 6.45) is 0.0470. The molecule has 0 radical (unpaired) electrons. The SMILES string of the molecule is COC(=O)Cn1c2c(sc1=O)C(c1ccc(F)cc1Cl)CC(=O)N2c1ccccc1. The van der Waals surface area contributed by atoms with Crippen LogP contribution in [0.3, 0.4) is 0 Å². The number of carbonyl (C=O) groups is 2. The zero-order chi connectivity index (χ0) is 21.4. The normalized spacial score (nSPS) is 15.8. The summed E-state index contributed by atoms with van der Waals surface area (Å²) in [5, 5.41) is 0.173. The minimum Gasteiger partial charge on any atom is -0.468 e. The molecule has 1 unspecified atom stereocenters. The number of hydrogen-bond donors (Lipinski definition) is 0. The summed E-state index contributed by atoms with van der Waals surface area (Å²) >= 11 is 7.20. The second-order valence-corrected chi connectivity index (χ2v) is 8.11. The van der Waals surface area contributed by atoms with Crippen LogP contribution in [0, 0.1) is 5.82 Å². The van der Waals surface area contributed by atoms with Crippen LogP contribution >= 0.6 is 22.9 Å². The fraction of sp³-hybridized carbons (Fsp3) is 0.190. The van der Waals surface area contributed by atoms with Crippen molar-refractivity contribution in [2.75, 3.05) is 12.0 Å². The molecule has 9 heteroatoms. The predicted octanol–water partition coefficient (Wildman–Crippen LogP) is 4.08. The summed E-state index contributed by atoms with van der Waals surface area (Å²) in [6, 6.07) is 12.8. The number of benzene rings is 2. The molecule has 0 saturated heterocycles. The first-order valence-corrected chi connectivity index (χ1v) is 10.2. The number of carbonyl (C=O) groups excluding carboxylic acids is 2. The molecule has 1 aliphatic rings. The molecule has 154 valence electrons. The quantitative estimate of drug-likeness (QED) is 0.566. The van der Waals surface area contributed by atoms with Crippen LogP contribution < -0.4 is 9.77 Å². The van der Waals surface area contributed by atoms with Gasteiger partial charge in [0.25, 0.3) is 0 Å². The van der Waals surface area contributed by atoms with E-state index in [0.29, 0.717) is 21.9 Å². The van der Waals surface area contributed by atoms with E-state index in [4.69, 9.17) is 16.3 Å². The standard InChI is InChI=1S/C21H16ClFN2O4S/c1-29-18(27)11-24-20-19(30-21(24)28)15(14-8-7-12(23)9-16(14)22)10-17(26)25(20)13-5-3-2-4-6-13/h2-9,15H,10-11H2,1H3. The Labute approximate surface area is 180 Å². The van der Waals surface area contributed by atoms with Gasteiger partial charge in [0.05, 0.1) is 17.7 Å². The van der Waals surface area contributed by atoms with E-state index in [-0.39, 0.29) is 23.9 Å². The molecule has 0 bridgehead atoms. The predicted molar refractivity (Wildman–Crippen MR) is 112 cm³/mol. The van der Waals surface area contributed by atoms with E-state index in [1.807, 2.05) is 6.07 Å². The first kappa shape index (κ1) is 20.3. The summed E-state index contributed by atoms with van der Waals surface area (Å²) < 4.78 is 19.5. The van der Waals surface area contributed by atoms with Crippen molar-refractivity contribution in [3.8, 4) is 0 Å². The molecular weight excluding hydrogens is 431 g/mol. The van der Waals surface area contributed by atoms with Gasteiger partial charge in [-0.15, -0.1) is 0 Å². The zero-order valence-electron chi connectivity index (χ0n) is 15.8. The minimum atomic E-state index is -0.611. The van der Waals surface area contributed by atoms with Gasteiger partial charge < -0.3 is 4.74 Å². The number of nitrogens with zero attached hydrogens (tertiary/aromatic N) is 2. The topological polar surface area (TPSA) is 68.6 Å². The highest BCUT2D eigenvalue weighted by atomic mass is 35.5. The lowest BCUT2D eigenvalue weighted by atomic mass is 9.90. The fourth-order valence-corrected chi connectivity index (χ4v) is 4.95. The van der Waals surface area contributed by atoms with Crippen LogP contribution in [-0.2, 0) is 20.9 Å². The number of thiazole rings is 1. The van der Waals surface area contributed by atoms with Gasteiger partial charge in [-0.1, -0.05) is 47.2 Å². The number of fused-ring (bicyclic) bond motifs is 1. The van der Waals surface area contributed by atoms with Crippen molar-refractivity contribution >= 4 is 46.3 Å². The van der Waals surface area contributed by atoms with E-state index in [0.717, 1.165) is 11.3 Å². The second kappa shape index (κ2) is 8.04. The molecule has 0 saturated carbocycles. The summed E-state index contributed by atoms with van der Waals surface area (Å²) in [6.45, 7) is -0.332. The Morgan fingerprint density at radius 2 is 1.97 bits per heavy atom. The van der Waals surface area contributed by atoms with Crippen LogP contribution in [0.15, 0.2) is 53.3 Å². The van der Waals surface area contributed by atoms with Gasteiger partial charge in [-0.25, -0.2) is 4.39 Å². The fourth-order valence-electron chi connectivity index (χ4n) is 3.56. The third kappa shape index (κ3) is 3.53. The van der Waals surface area contributed by atoms with E-state index >= 15 is 0 Å². The Bertz CT molecular complexity index is 1190. The minimum absolute atomic E-state index is 0.0470. The van der Waals surface area contributed by atoms with Crippen molar-refractivity contribution in [3.05, 3.63) is 79.5 Å². The molecule has 0 aliphatic carbocycles. The molecule has 6 nitrogen and oxygen atoms in total. The van der Waals surface area contributed by atoms with Gasteiger partial charge in [0.15, 0.2) is 0 Å². The molecule has 1 atom stereocenters. The number of aromatic nitrogens is 1. The number of ether oxygens (including phenoxy) is 1. The smallest absolute Gasteiger partial charge is 0.325 e. The Kier molecular flexibility index (Phi) is 5.44. The van der Waals surface area contributed by atoms with Gasteiger partial charge in [0.2, 0.25) is 5.91 Å². The Hall–Kier alpha value is -2.97. The van der Waals surface area contributed by atoms with Crippen molar-refractivity contribution in [1.82, 2.24) is 4.57 Å². The van der Waals surface area contributed by atoms with E-state index in [9.17, 15) is 18.8 Å². The van der Waals surface area contributed by atoms with Crippen LogP contribution in [0.25, 0.3) is 0 Å². The van der Waals surface area contributed by atoms with Crippen molar-refractivity contribution in [2.24, 2.45) is 0 Å². The van der Waals surface area contributed by atoms with Crippen molar-refractivity contribution in [1.29, 1.82) is 0 Å². The molecular formula is C21H16ClFN2O4S. The van der Waals surface area contributed by atoms with Crippen LogP contribution in [0.4, 0.5) is 15.9 Å². The van der Waals surface area contributed by atoms with Crippen molar-refractivity contribution in [3.63, 3.8) is 0 Å².